The van der Waals surface area contributed by atoms with Crippen LogP contribution in [-0.4, -0.2) is 14.8 Å². The first-order valence-corrected chi connectivity index (χ1v) is 5.88. The van der Waals surface area contributed by atoms with E-state index in [1.165, 1.54) is 10.9 Å². The van der Waals surface area contributed by atoms with Crippen molar-refractivity contribution in [2.75, 3.05) is 5.32 Å². The quantitative estimate of drug-likeness (QED) is 0.762. The molecular formula is C14H14N4. The molecule has 0 spiro atoms. The van der Waals surface area contributed by atoms with E-state index in [0.717, 1.165) is 17.7 Å². The fraction of sp³-hybridized carbons (Fsp3) is 0.143. The molecule has 90 valence electrons. The van der Waals surface area contributed by atoms with E-state index in [-0.39, 0.29) is 0 Å². The molecular weight excluding hydrogens is 224 g/mol. The van der Waals surface area contributed by atoms with Crippen LogP contribution in [-0.2, 0) is 13.6 Å². The number of hydrogen-bond donors (Lipinski definition) is 1. The lowest BCUT2D eigenvalue weighted by Gasteiger charge is -2.07. The Morgan fingerprint density at radius 2 is 2.11 bits per heavy atom. The first-order chi connectivity index (χ1) is 8.83. The van der Waals surface area contributed by atoms with Crippen molar-refractivity contribution < 1.29 is 0 Å². The Bertz CT molecular complexity index is 667. The predicted octanol–water partition coefficient (Wildman–Crippen LogP) is 2.58. The number of nitrogens with one attached hydrogen (secondary N) is 1. The first-order valence-electron chi connectivity index (χ1n) is 5.88. The molecule has 2 heterocycles. The Morgan fingerprint density at radius 1 is 1.22 bits per heavy atom. The highest BCUT2D eigenvalue weighted by atomic mass is 15.3. The van der Waals surface area contributed by atoms with Gasteiger partial charge in [-0.2, -0.15) is 5.10 Å². The second-order valence-electron chi connectivity index (χ2n) is 4.24. The summed E-state index contributed by atoms with van der Waals surface area (Å²) < 4.78 is 1.78. The van der Waals surface area contributed by atoms with Gasteiger partial charge in [-0.25, -0.2) is 0 Å². The highest BCUT2D eigenvalue weighted by Crippen LogP contribution is 2.17. The van der Waals surface area contributed by atoms with Crippen molar-refractivity contribution in [1.82, 2.24) is 14.8 Å². The number of aryl methyl sites for hydroxylation is 1. The van der Waals surface area contributed by atoms with Gasteiger partial charge in [0.1, 0.15) is 0 Å². The molecule has 0 fully saturated rings. The lowest BCUT2D eigenvalue weighted by Crippen LogP contribution is -1.99. The van der Waals surface area contributed by atoms with Crippen molar-refractivity contribution in [3.05, 3.63) is 54.5 Å². The number of anilines is 1. The van der Waals surface area contributed by atoms with Crippen molar-refractivity contribution in [1.29, 1.82) is 0 Å². The Morgan fingerprint density at radius 3 is 2.94 bits per heavy atom. The molecule has 2 aromatic heterocycles. The van der Waals surface area contributed by atoms with Gasteiger partial charge in [0.05, 0.1) is 17.4 Å². The number of benzene rings is 1. The summed E-state index contributed by atoms with van der Waals surface area (Å²) in [5.41, 5.74) is 3.30. The molecule has 0 amide bonds. The van der Waals surface area contributed by atoms with Crippen LogP contribution in [0.3, 0.4) is 0 Å². The van der Waals surface area contributed by atoms with Crippen molar-refractivity contribution in [3.63, 3.8) is 0 Å². The van der Waals surface area contributed by atoms with Crippen LogP contribution in [0, 0.1) is 0 Å². The molecule has 0 unspecified atom stereocenters. The van der Waals surface area contributed by atoms with Crippen LogP contribution in [0.5, 0.6) is 0 Å². The summed E-state index contributed by atoms with van der Waals surface area (Å²) in [5, 5.41) is 8.69. The maximum absolute atomic E-state index is 4.36. The molecule has 4 heteroatoms. The monoisotopic (exact) mass is 238 g/mol. The Kier molecular flexibility index (Phi) is 2.68. The Labute approximate surface area is 105 Å². The zero-order chi connectivity index (χ0) is 12.4. The molecule has 0 aliphatic carbocycles. The maximum atomic E-state index is 4.36. The van der Waals surface area contributed by atoms with E-state index in [9.17, 15) is 0 Å². The summed E-state index contributed by atoms with van der Waals surface area (Å²) in [6, 6.07) is 10.2. The number of rotatable bonds is 3. The van der Waals surface area contributed by atoms with Gasteiger partial charge in [0.15, 0.2) is 0 Å². The van der Waals surface area contributed by atoms with E-state index in [0.29, 0.717) is 0 Å². The third-order valence-electron chi connectivity index (χ3n) is 2.93. The van der Waals surface area contributed by atoms with Gasteiger partial charge in [0, 0.05) is 31.4 Å². The molecule has 0 atom stereocenters. The summed E-state index contributed by atoms with van der Waals surface area (Å²) in [5.74, 6) is 0. The fourth-order valence-corrected chi connectivity index (χ4v) is 2.02. The van der Waals surface area contributed by atoms with Gasteiger partial charge in [-0.3, -0.25) is 9.67 Å². The van der Waals surface area contributed by atoms with Crippen molar-refractivity contribution in [3.8, 4) is 0 Å². The van der Waals surface area contributed by atoms with Gasteiger partial charge < -0.3 is 5.32 Å². The molecule has 3 aromatic rings. The second-order valence-corrected chi connectivity index (χ2v) is 4.24. The molecule has 18 heavy (non-hydrogen) atoms. The molecule has 0 saturated heterocycles. The highest BCUT2D eigenvalue weighted by Gasteiger charge is 2.01. The van der Waals surface area contributed by atoms with E-state index in [1.807, 2.05) is 49.9 Å². The minimum Gasteiger partial charge on any atom is -0.378 e. The molecule has 0 bridgehead atoms. The zero-order valence-electron chi connectivity index (χ0n) is 10.2. The molecule has 0 radical (unpaired) electrons. The van der Waals surface area contributed by atoms with E-state index < -0.39 is 0 Å². The minimum atomic E-state index is 0.773. The average Bonchev–Trinajstić information content (AvgIpc) is 2.82. The summed E-state index contributed by atoms with van der Waals surface area (Å²) in [6.45, 7) is 0.773. The summed E-state index contributed by atoms with van der Waals surface area (Å²) in [4.78, 5) is 4.36. The molecule has 1 N–H and O–H groups in total. The van der Waals surface area contributed by atoms with Gasteiger partial charge in [-0.1, -0.05) is 18.2 Å². The Balaban J connectivity index is 1.86. The fourth-order valence-electron chi connectivity index (χ4n) is 2.02. The summed E-state index contributed by atoms with van der Waals surface area (Å²) in [6.07, 6.45) is 5.63. The van der Waals surface area contributed by atoms with Gasteiger partial charge in [-0.05, 0) is 17.7 Å². The van der Waals surface area contributed by atoms with Crippen LogP contribution < -0.4 is 5.32 Å². The SMILES string of the molecule is Cn1cc(NCc2ccnc3ccccc23)cn1. The number of para-hydroxylation sites is 1. The molecule has 3 rings (SSSR count). The summed E-state index contributed by atoms with van der Waals surface area (Å²) >= 11 is 0. The number of pyridine rings is 1. The zero-order valence-corrected chi connectivity index (χ0v) is 10.2. The number of hydrogen-bond acceptors (Lipinski definition) is 3. The van der Waals surface area contributed by atoms with Crippen molar-refractivity contribution >= 4 is 16.6 Å². The van der Waals surface area contributed by atoms with Crippen LogP contribution in [0.15, 0.2) is 48.9 Å². The highest BCUT2D eigenvalue weighted by molar-refractivity contribution is 5.82. The smallest absolute Gasteiger partial charge is 0.0729 e. The average molecular weight is 238 g/mol. The molecule has 4 nitrogen and oxygen atoms in total. The lowest BCUT2D eigenvalue weighted by atomic mass is 10.1. The number of fused-ring (bicyclic) bond motifs is 1. The van der Waals surface area contributed by atoms with Gasteiger partial charge in [0.2, 0.25) is 0 Å². The van der Waals surface area contributed by atoms with Gasteiger partial charge >= 0.3 is 0 Å². The molecule has 1 aromatic carbocycles. The molecule has 0 aliphatic heterocycles. The number of aromatic nitrogens is 3. The largest absolute Gasteiger partial charge is 0.378 e. The van der Waals surface area contributed by atoms with Crippen molar-refractivity contribution in [2.45, 2.75) is 6.54 Å². The van der Waals surface area contributed by atoms with E-state index in [2.05, 4.69) is 21.5 Å². The maximum Gasteiger partial charge on any atom is 0.0729 e. The minimum absolute atomic E-state index is 0.773. The van der Waals surface area contributed by atoms with Crippen molar-refractivity contribution in [2.24, 2.45) is 7.05 Å². The van der Waals surface area contributed by atoms with Crippen LogP contribution in [0.1, 0.15) is 5.56 Å². The molecule has 0 saturated carbocycles. The topological polar surface area (TPSA) is 42.7 Å². The van der Waals surface area contributed by atoms with Gasteiger partial charge in [-0.15, -0.1) is 0 Å². The van der Waals surface area contributed by atoms with E-state index in [1.54, 1.807) is 4.68 Å². The van der Waals surface area contributed by atoms with Gasteiger partial charge in [0.25, 0.3) is 0 Å². The normalized spacial score (nSPS) is 10.7. The Hall–Kier alpha value is -2.36. The second kappa shape index (κ2) is 4.49. The lowest BCUT2D eigenvalue weighted by molar-refractivity contribution is 0.768. The third-order valence-corrected chi connectivity index (χ3v) is 2.93. The van der Waals surface area contributed by atoms with Crippen LogP contribution in [0.4, 0.5) is 5.69 Å². The molecule has 0 aliphatic rings. The van der Waals surface area contributed by atoms with E-state index in [4.69, 9.17) is 0 Å². The number of nitrogens with zero attached hydrogens (tertiary/aromatic N) is 3. The first kappa shape index (κ1) is 10.8. The van der Waals surface area contributed by atoms with Crippen LogP contribution in [0.25, 0.3) is 10.9 Å². The third kappa shape index (κ3) is 2.05. The van der Waals surface area contributed by atoms with Crippen LogP contribution >= 0.6 is 0 Å². The summed E-state index contributed by atoms with van der Waals surface area (Å²) in [7, 11) is 1.91. The standard InChI is InChI=1S/C14H14N4/c1-18-10-12(9-17-18)16-8-11-6-7-15-14-5-3-2-4-13(11)14/h2-7,9-10,16H,8H2,1H3. The predicted molar refractivity (Wildman–Crippen MR) is 72.3 cm³/mol. The van der Waals surface area contributed by atoms with Crippen LogP contribution in [0.2, 0.25) is 0 Å². The van der Waals surface area contributed by atoms with E-state index >= 15 is 0 Å².